The van der Waals surface area contributed by atoms with E-state index in [0.717, 1.165) is 0 Å². The van der Waals surface area contributed by atoms with Gasteiger partial charge in [-0.3, -0.25) is 4.79 Å². The van der Waals surface area contributed by atoms with Crippen LogP contribution in [0.3, 0.4) is 0 Å². The number of methoxy groups -OCH3 is 2. The van der Waals surface area contributed by atoms with Crippen LogP contribution in [-0.2, 0) is 14.3 Å². The van der Waals surface area contributed by atoms with Crippen LogP contribution in [0.4, 0.5) is 5.69 Å². The molecule has 0 aliphatic carbocycles. The van der Waals surface area contributed by atoms with Gasteiger partial charge in [-0.05, 0) is 36.4 Å². The summed E-state index contributed by atoms with van der Waals surface area (Å²) in [6.07, 6.45) is 0. The summed E-state index contributed by atoms with van der Waals surface area (Å²) in [5.41, 5.74) is 0.311. The van der Waals surface area contributed by atoms with Crippen LogP contribution in [0.5, 0.6) is 5.75 Å². The van der Waals surface area contributed by atoms with Gasteiger partial charge in [0, 0.05) is 5.02 Å². The number of ether oxygens (including phenoxy) is 3. The lowest BCUT2D eigenvalue weighted by atomic mass is 10.1. The van der Waals surface area contributed by atoms with Crippen LogP contribution < -0.4 is 10.1 Å². The second-order valence-corrected chi connectivity index (χ2v) is 6.00. The van der Waals surface area contributed by atoms with E-state index in [0.29, 0.717) is 5.02 Å². The number of carbonyl (C=O) groups excluding carboxylic acids is 3. The third-order valence-electron chi connectivity index (χ3n) is 3.37. The molecular weight excluding hydrogens is 397 g/mol. The maximum absolute atomic E-state index is 12.2. The van der Waals surface area contributed by atoms with Crippen molar-refractivity contribution in [3.05, 3.63) is 57.6 Å². The lowest BCUT2D eigenvalue weighted by molar-refractivity contribution is -0.118. The Morgan fingerprint density at radius 2 is 1.67 bits per heavy atom. The van der Waals surface area contributed by atoms with Gasteiger partial charge in [-0.1, -0.05) is 23.2 Å². The Balaban J connectivity index is 2.16. The van der Waals surface area contributed by atoms with Gasteiger partial charge in [0.15, 0.2) is 6.61 Å². The first-order chi connectivity index (χ1) is 12.8. The Bertz CT molecular complexity index is 884. The second-order valence-electron chi connectivity index (χ2n) is 5.16. The monoisotopic (exact) mass is 411 g/mol. The number of rotatable bonds is 6. The van der Waals surface area contributed by atoms with E-state index in [1.807, 2.05) is 0 Å². The Labute approximate surface area is 165 Å². The van der Waals surface area contributed by atoms with Gasteiger partial charge in [-0.15, -0.1) is 0 Å². The lowest BCUT2D eigenvalue weighted by Gasteiger charge is -2.12. The normalized spacial score (nSPS) is 10.1. The van der Waals surface area contributed by atoms with E-state index in [2.05, 4.69) is 14.8 Å². The summed E-state index contributed by atoms with van der Waals surface area (Å²) < 4.78 is 14.6. The summed E-state index contributed by atoms with van der Waals surface area (Å²) in [6.45, 7) is -0.385. The number of nitrogens with one attached hydrogen (secondary N) is 1. The average Bonchev–Trinajstić information content (AvgIpc) is 2.66. The van der Waals surface area contributed by atoms with E-state index in [1.165, 1.54) is 44.6 Å². The van der Waals surface area contributed by atoms with Gasteiger partial charge < -0.3 is 19.5 Å². The highest BCUT2D eigenvalue weighted by atomic mass is 35.5. The number of hydrogen-bond donors (Lipinski definition) is 1. The Morgan fingerprint density at radius 1 is 0.963 bits per heavy atom. The highest BCUT2D eigenvalue weighted by molar-refractivity contribution is 6.35. The van der Waals surface area contributed by atoms with Gasteiger partial charge in [0.25, 0.3) is 5.91 Å². The highest BCUT2D eigenvalue weighted by Gasteiger charge is 2.17. The van der Waals surface area contributed by atoms with Gasteiger partial charge in [0.05, 0.1) is 36.1 Å². The molecule has 9 heteroatoms. The predicted octanol–water partition coefficient (Wildman–Crippen LogP) is 3.58. The molecule has 0 fully saturated rings. The van der Waals surface area contributed by atoms with E-state index in [-0.39, 0.29) is 34.2 Å². The summed E-state index contributed by atoms with van der Waals surface area (Å²) in [5.74, 6) is -1.60. The minimum absolute atomic E-state index is 0.0722. The largest absolute Gasteiger partial charge is 0.482 e. The number of hydrogen-bond acceptors (Lipinski definition) is 6. The predicted molar refractivity (Wildman–Crippen MR) is 99.7 cm³/mol. The van der Waals surface area contributed by atoms with E-state index < -0.39 is 17.8 Å². The summed E-state index contributed by atoms with van der Waals surface area (Å²) >= 11 is 11.8. The fraction of sp³-hybridized carbons (Fsp3) is 0.167. The second kappa shape index (κ2) is 9.25. The molecule has 0 saturated carbocycles. The topological polar surface area (TPSA) is 90.9 Å². The van der Waals surface area contributed by atoms with Gasteiger partial charge in [0.1, 0.15) is 5.75 Å². The van der Waals surface area contributed by atoms with Crippen molar-refractivity contribution < 1.29 is 28.6 Å². The van der Waals surface area contributed by atoms with Crippen molar-refractivity contribution in [2.45, 2.75) is 0 Å². The van der Waals surface area contributed by atoms with E-state index >= 15 is 0 Å². The minimum Gasteiger partial charge on any atom is -0.482 e. The summed E-state index contributed by atoms with van der Waals surface area (Å²) in [6, 6.07) is 8.62. The van der Waals surface area contributed by atoms with Crippen molar-refractivity contribution in [2.75, 3.05) is 26.1 Å². The van der Waals surface area contributed by atoms with Crippen molar-refractivity contribution >= 4 is 46.7 Å². The minimum atomic E-state index is -0.677. The third kappa shape index (κ3) is 5.35. The molecule has 0 aliphatic heterocycles. The summed E-state index contributed by atoms with van der Waals surface area (Å²) in [4.78, 5) is 35.8. The molecule has 0 aliphatic rings. The maximum Gasteiger partial charge on any atom is 0.339 e. The molecule has 0 unspecified atom stereocenters. The molecule has 142 valence electrons. The maximum atomic E-state index is 12.2. The molecule has 1 amide bonds. The van der Waals surface area contributed by atoms with E-state index in [4.69, 9.17) is 27.9 Å². The molecule has 0 bridgehead atoms. The molecule has 0 heterocycles. The summed E-state index contributed by atoms with van der Waals surface area (Å²) in [5, 5.41) is 3.18. The Hall–Kier alpha value is -2.77. The molecular formula is C18H15Cl2NO6. The van der Waals surface area contributed by atoms with Gasteiger partial charge in [0.2, 0.25) is 0 Å². The zero-order valence-electron chi connectivity index (χ0n) is 14.4. The first-order valence-corrected chi connectivity index (χ1v) is 8.29. The van der Waals surface area contributed by atoms with Crippen molar-refractivity contribution in [1.29, 1.82) is 0 Å². The van der Waals surface area contributed by atoms with Crippen LogP contribution >= 0.6 is 23.2 Å². The van der Waals surface area contributed by atoms with Crippen LogP contribution in [0.2, 0.25) is 10.0 Å². The fourth-order valence-electron chi connectivity index (χ4n) is 2.10. The number of halogens is 2. The average molecular weight is 412 g/mol. The zero-order chi connectivity index (χ0) is 20.0. The number of anilines is 1. The standard InChI is InChI=1S/C18H15Cl2NO6/c1-25-17(23)10-3-5-12(18(24)26-2)14(7-10)21-16(22)9-27-15-6-4-11(19)8-13(15)20/h3-8H,9H2,1-2H3,(H,21,22). The van der Waals surface area contributed by atoms with Crippen molar-refractivity contribution in [1.82, 2.24) is 0 Å². The summed E-state index contributed by atoms with van der Waals surface area (Å²) in [7, 11) is 2.42. The quantitative estimate of drug-likeness (QED) is 0.730. The highest BCUT2D eigenvalue weighted by Crippen LogP contribution is 2.27. The molecule has 2 aromatic rings. The molecule has 7 nitrogen and oxygen atoms in total. The first-order valence-electron chi connectivity index (χ1n) is 7.54. The van der Waals surface area contributed by atoms with Crippen molar-refractivity contribution in [3.63, 3.8) is 0 Å². The molecule has 1 N–H and O–H groups in total. The van der Waals surface area contributed by atoms with Crippen LogP contribution in [0.1, 0.15) is 20.7 Å². The Kier molecular flexibility index (Phi) is 7.04. The number of carbonyl (C=O) groups is 3. The van der Waals surface area contributed by atoms with Crippen molar-refractivity contribution in [2.24, 2.45) is 0 Å². The van der Waals surface area contributed by atoms with Gasteiger partial charge in [-0.2, -0.15) is 0 Å². The van der Waals surface area contributed by atoms with E-state index in [9.17, 15) is 14.4 Å². The smallest absolute Gasteiger partial charge is 0.339 e. The molecule has 2 rings (SSSR count). The Morgan fingerprint density at radius 3 is 2.30 bits per heavy atom. The fourth-order valence-corrected chi connectivity index (χ4v) is 2.57. The first kappa shape index (κ1) is 20.5. The molecule has 0 spiro atoms. The van der Waals surface area contributed by atoms with E-state index in [1.54, 1.807) is 6.07 Å². The van der Waals surface area contributed by atoms with Gasteiger partial charge >= 0.3 is 11.9 Å². The molecule has 0 aromatic heterocycles. The van der Waals surface area contributed by atoms with Crippen LogP contribution in [0.25, 0.3) is 0 Å². The van der Waals surface area contributed by atoms with Crippen LogP contribution in [0.15, 0.2) is 36.4 Å². The van der Waals surface area contributed by atoms with Crippen LogP contribution in [-0.4, -0.2) is 38.7 Å². The van der Waals surface area contributed by atoms with Crippen LogP contribution in [0, 0.1) is 0 Å². The number of amides is 1. The third-order valence-corrected chi connectivity index (χ3v) is 3.90. The number of esters is 2. The lowest BCUT2D eigenvalue weighted by Crippen LogP contribution is -2.22. The molecule has 2 aromatic carbocycles. The molecule has 0 saturated heterocycles. The molecule has 0 atom stereocenters. The molecule has 0 radical (unpaired) electrons. The number of benzene rings is 2. The SMILES string of the molecule is COC(=O)c1ccc(C(=O)OC)c(NC(=O)COc2ccc(Cl)cc2Cl)c1. The zero-order valence-corrected chi connectivity index (χ0v) is 15.9. The van der Waals surface area contributed by atoms with Crippen molar-refractivity contribution in [3.8, 4) is 5.75 Å². The van der Waals surface area contributed by atoms with Gasteiger partial charge in [-0.25, -0.2) is 9.59 Å². The molecule has 27 heavy (non-hydrogen) atoms.